The molecule has 1 saturated heterocycles. The largest absolute Gasteiger partial charge is 0.493 e. The number of nitrogens with one attached hydrogen (secondary N) is 1. The van der Waals surface area contributed by atoms with Crippen molar-refractivity contribution in [1.82, 2.24) is 15.1 Å². The summed E-state index contributed by atoms with van der Waals surface area (Å²) in [6.45, 7) is 0.503. The van der Waals surface area contributed by atoms with Crippen LogP contribution in [0.4, 0.5) is 4.79 Å². The van der Waals surface area contributed by atoms with E-state index in [2.05, 4.69) is 5.32 Å². The molecule has 0 bridgehead atoms. The fourth-order valence-corrected chi connectivity index (χ4v) is 3.73. The quantitative estimate of drug-likeness (QED) is 0.458. The van der Waals surface area contributed by atoms with E-state index in [0.717, 1.165) is 16.0 Å². The van der Waals surface area contributed by atoms with Gasteiger partial charge in [0, 0.05) is 40.2 Å². The molecule has 10 heteroatoms. The van der Waals surface area contributed by atoms with Crippen molar-refractivity contribution in [2.45, 2.75) is 31.7 Å². The Balaban J connectivity index is 1.65. The van der Waals surface area contributed by atoms with Crippen molar-refractivity contribution < 1.29 is 33.3 Å². The number of hydrogen-bond acceptors (Lipinski definition) is 7. The lowest BCUT2D eigenvalue weighted by Crippen LogP contribution is -2.40. The highest BCUT2D eigenvalue weighted by Crippen LogP contribution is 2.37. The van der Waals surface area contributed by atoms with Crippen LogP contribution in [-0.2, 0) is 32.0 Å². The van der Waals surface area contributed by atoms with Crippen LogP contribution in [0.2, 0.25) is 0 Å². The van der Waals surface area contributed by atoms with Crippen LogP contribution in [0.3, 0.4) is 0 Å². The molecule has 1 aromatic rings. The number of carbonyl (C=O) groups excluding carboxylic acids is 3. The number of methoxy groups -OCH3 is 4. The molecule has 1 atom stereocenters. The highest BCUT2D eigenvalue weighted by Gasteiger charge is 2.47. The van der Waals surface area contributed by atoms with Crippen LogP contribution >= 0.6 is 0 Å². The average molecular weight is 421 g/mol. The summed E-state index contributed by atoms with van der Waals surface area (Å²) in [4.78, 5) is 40.4. The second kappa shape index (κ2) is 9.31. The monoisotopic (exact) mass is 421 g/mol. The van der Waals surface area contributed by atoms with Crippen molar-refractivity contribution >= 4 is 17.8 Å². The molecule has 3 rings (SSSR count). The Kier molecular flexibility index (Phi) is 6.78. The smallest absolute Gasteiger partial charge is 0.327 e. The lowest BCUT2D eigenvalue weighted by Gasteiger charge is -2.29. The van der Waals surface area contributed by atoms with Crippen LogP contribution in [0.1, 0.15) is 17.5 Å². The fraction of sp³-hybridized carbons (Fsp3) is 0.550. The molecule has 0 radical (unpaired) electrons. The molecule has 0 spiro atoms. The number of fused-ring (bicyclic) bond motifs is 2. The van der Waals surface area contributed by atoms with Crippen LogP contribution < -0.4 is 14.8 Å². The molecule has 2 aliphatic rings. The maximum absolute atomic E-state index is 12.8. The van der Waals surface area contributed by atoms with Crippen molar-refractivity contribution in [1.29, 1.82) is 0 Å². The third kappa shape index (κ3) is 4.19. The third-order valence-electron chi connectivity index (χ3n) is 5.42. The SMILES string of the molecule is COc1cc2c(cc1OC)CN1C(=O)N(CCC(=O)NCC(OC)OC)C(=O)[C@@H]1C2. The lowest BCUT2D eigenvalue weighted by molar-refractivity contribution is -0.130. The van der Waals surface area contributed by atoms with Crippen molar-refractivity contribution in [2.75, 3.05) is 41.5 Å². The second-order valence-electron chi connectivity index (χ2n) is 7.05. The van der Waals surface area contributed by atoms with Gasteiger partial charge in [-0.2, -0.15) is 0 Å². The van der Waals surface area contributed by atoms with Crippen molar-refractivity contribution in [3.05, 3.63) is 23.3 Å². The molecule has 4 amide bonds. The molecule has 1 fully saturated rings. The number of rotatable bonds is 9. The first-order chi connectivity index (χ1) is 14.4. The molecular formula is C20H27N3O7. The Labute approximate surface area is 175 Å². The van der Waals surface area contributed by atoms with E-state index in [0.29, 0.717) is 24.5 Å². The maximum atomic E-state index is 12.8. The zero-order valence-corrected chi connectivity index (χ0v) is 17.6. The molecule has 2 aliphatic heterocycles. The number of hydrogen-bond donors (Lipinski definition) is 1. The molecule has 0 aliphatic carbocycles. The van der Waals surface area contributed by atoms with Crippen LogP contribution in [0.5, 0.6) is 11.5 Å². The van der Waals surface area contributed by atoms with Gasteiger partial charge in [-0.1, -0.05) is 0 Å². The highest BCUT2D eigenvalue weighted by atomic mass is 16.7. The van der Waals surface area contributed by atoms with E-state index in [1.54, 1.807) is 19.1 Å². The molecule has 0 aromatic heterocycles. The van der Waals surface area contributed by atoms with Gasteiger partial charge in [-0.3, -0.25) is 14.5 Å². The summed E-state index contributed by atoms with van der Waals surface area (Å²) in [7, 11) is 6.05. The molecule has 0 unspecified atom stereocenters. The zero-order chi connectivity index (χ0) is 21.8. The summed E-state index contributed by atoms with van der Waals surface area (Å²) in [6, 6.07) is 2.73. The summed E-state index contributed by atoms with van der Waals surface area (Å²) >= 11 is 0. The van der Waals surface area contributed by atoms with E-state index >= 15 is 0 Å². The first-order valence-electron chi connectivity index (χ1n) is 9.61. The molecule has 1 aromatic carbocycles. The van der Waals surface area contributed by atoms with Crippen LogP contribution in [0.15, 0.2) is 12.1 Å². The first-order valence-corrected chi connectivity index (χ1v) is 9.61. The normalized spacial score (nSPS) is 17.8. The summed E-state index contributed by atoms with van der Waals surface area (Å²) in [5.41, 5.74) is 1.86. The Morgan fingerprint density at radius 3 is 2.33 bits per heavy atom. The van der Waals surface area contributed by atoms with E-state index in [9.17, 15) is 14.4 Å². The number of benzene rings is 1. The molecule has 10 nitrogen and oxygen atoms in total. The van der Waals surface area contributed by atoms with Crippen molar-refractivity contribution in [2.24, 2.45) is 0 Å². The minimum Gasteiger partial charge on any atom is -0.493 e. The van der Waals surface area contributed by atoms with Gasteiger partial charge >= 0.3 is 6.03 Å². The van der Waals surface area contributed by atoms with Gasteiger partial charge < -0.3 is 29.2 Å². The van der Waals surface area contributed by atoms with Crippen molar-refractivity contribution in [3.63, 3.8) is 0 Å². The number of nitrogens with zero attached hydrogens (tertiary/aromatic N) is 2. The molecule has 30 heavy (non-hydrogen) atoms. The molecule has 2 heterocycles. The third-order valence-corrected chi connectivity index (χ3v) is 5.42. The Bertz CT molecular complexity index is 774. The maximum Gasteiger partial charge on any atom is 0.327 e. The van der Waals surface area contributed by atoms with Gasteiger partial charge in [0.15, 0.2) is 17.8 Å². The molecular weight excluding hydrogens is 394 g/mol. The number of carbonyl (C=O) groups is 3. The topological polar surface area (TPSA) is 107 Å². The predicted molar refractivity (Wildman–Crippen MR) is 105 cm³/mol. The zero-order valence-electron chi connectivity index (χ0n) is 17.6. The van der Waals surface area contributed by atoms with Gasteiger partial charge in [-0.25, -0.2) is 4.79 Å². The van der Waals surface area contributed by atoms with Crippen LogP contribution in [-0.4, -0.2) is 81.5 Å². The number of urea groups is 1. The van der Waals surface area contributed by atoms with Gasteiger partial charge in [-0.15, -0.1) is 0 Å². The number of ether oxygens (including phenoxy) is 4. The predicted octanol–water partition coefficient (Wildman–Crippen LogP) is 0.518. The summed E-state index contributed by atoms with van der Waals surface area (Å²) < 4.78 is 20.7. The van der Waals surface area contributed by atoms with Gasteiger partial charge in [0.1, 0.15) is 6.04 Å². The van der Waals surface area contributed by atoms with E-state index < -0.39 is 12.3 Å². The van der Waals surface area contributed by atoms with E-state index in [-0.39, 0.29) is 37.4 Å². The van der Waals surface area contributed by atoms with Gasteiger partial charge in [-0.05, 0) is 23.3 Å². The van der Waals surface area contributed by atoms with Gasteiger partial charge in [0.25, 0.3) is 5.91 Å². The average Bonchev–Trinajstić information content (AvgIpc) is 2.99. The van der Waals surface area contributed by atoms with Crippen LogP contribution in [0, 0.1) is 0 Å². The van der Waals surface area contributed by atoms with E-state index in [1.807, 2.05) is 12.1 Å². The minimum absolute atomic E-state index is 0.00673. The highest BCUT2D eigenvalue weighted by molar-refractivity contribution is 6.04. The standard InChI is InChI=1S/C20H27N3O7/c1-27-15-8-12-7-14-19(25)22(6-5-17(24)21-10-18(29-3)30-4)20(26)23(14)11-13(12)9-16(15)28-2/h8-9,14,18H,5-7,10-11H2,1-4H3,(H,21,24)/t14-/m0/s1. The van der Waals surface area contributed by atoms with E-state index in [1.165, 1.54) is 14.2 Å². The Morgan fingerprint density at radius 2 is 1.73 bits per heavy atom. The Morgan fingerprint density at radius 1 is 1.10 bits per heavy atom. The molecule has 0 saturated carbocycles. The summed E-state index contributed by atoms with van der Waals surface area (Å²) in [6.07, 6.45) is -0.149. The lowest BCUT2D eigenvalue weighted by atomic mass is 9.94. The first kappa shape index (κ1) is 21.8. The summed E-state index contributed by atoms with van der Waals surface area (Å²) in [5, 5.41) is 2.66. The van der Waals surface area contributed by atoms with Crippen LogP contribution in [0.25, 0.3) is 0 Å². The minimum atomic E-state index is -0.572. The Hall–Kier alpha value is -2.85. The fourth-order valence-electron chi connectivity index (χ4n) is 3.73. The van der Waals surface area contributed by atoms with E-state index in [4.69, 9.17) is 18.9 Å². The molecule has 164 valence electrons. The number of imide groups is 1. The summed E-state index contributed by atoms with van der Waals surface area (Å²) in [5.74, 6) is 0.573. The second-order valence-corrected chi connectivity index (χ2v) is 7.05. The van der Waals surface area contributed by atoms with Crippen molar-refractivity contribution in [3.8, 4) is 11.5 Å². The molecule has 1 N–H and O–H groups in total. The van der Waals surface area contributed by atoms with Gasteiger partial charge in [0.2, 0.25) is 5.91 Å². The van der Waals surface area contributed by atoms with Gasteiger partial charge in [0.05, 0.1) is 20.8 Å². The number of amides is 4.